The van der Waals surface area contributed by atoms with Crippen LogP contribution in [0.3, 0.4) is 0 Å². The number of likely N-dealkylation sites (N-methyl/N-ethyl adjacent to an activating group) is 1. The molecule has 0 spiro atoms. The van der Waals surface area contributed by atoms with Gasteiger partial charge in [-0.15, -0.1) is 11.3 Å². The predicted molar refractivity (Wildman–Crippen MR) is 162 cm³/mol. The number of carbonyl (C=O) groups is 2. The molecule has 40 heavy (non-hydrogen) atoms. The zero-order chi connectivity index (χ0) is 28.4. The number of hydrogen-bond acceptors (Lipinski definition) is 7. The normalized spacial score (nSPS) is 11.3. The molecule has 0 fully saturated rings. The number of anilines is 1. The second-order valence-electron chi connectivity index (χ2n) is 9.84. The van der Waals surface area contributed by atoms with Gasteiger partial charge in [0.25, 0.3) is 0 Å². The maximum Gasteiger partial charge on any atom is 0.310 e. The number of carbonyl (C=O) groups excluding carboxylic acids is 2. The van der Waals surface area contributed by atoms with Gasteiger partial charge in [-0.3, -0.25) is 19.2 Å². The van der Waals surface area contributed by atoms with E-state index in [1.54, 1.807) is 20.9 Å². The largest absolute Gasteiger partial charge is 0.466 e. The first-order valence-electron chi connectivity index (χ1n) is 13.3. The van der Waals surface area contributed by atoms with E-state index < -0.39 is 0 Å². The molecule has 1 amide bonds. The van der Waals surface area contributed by atoms with Gasteiger partial charge in [0, 0.05) is 36.7 Å². The fourth-order valence-corrected chi connectivity index (χ4v) is 6.14. The van der Waals surface area contributed by atoms with Crippen LogP contribution in [0.15, 0.2) is 48.5 Å². The van der Waals surface area contributed by atoms with Crippen LogP contribution in [0.5, 0.6) is 0 Å². The second kappa shape index (κ2) is 11.6. The van der Waals surface area contributed by atoms with Crippen molar-refractivity contribution in [1.29, 1.82) is 0 Å². The average Bonchev–Trinajstić information content (AvgIpc) is 3.51. The Morgan fingerprint density at radius 2 is 1.88 bits per heavy atom. The molecule has 0 unspecified atom stereocenters. The molecule has 0 aliphatic rings. The zero-order valence-corrected chi connectivity index (χ0v) is 24.3. The third-order valence-corrected chi connectivity index (χ3v) is 8.20. The van der Waals surface area contributed by atoms with Crippen LogP contribution in [0.1, 0.15) is 23.6 Å². The Morgan fingerprint density at radius 3 is 2.58 bits per heavy atom. The molecule has 2 aromatic heterocycles. The van der Waals surface area contributed by atoms with E-state index in [2.05, 4.69) is 53.7 Å². The maximum absolute atomic E-state index is 12.6. The molecule has 1 N–H and O–H groups in total. The van der Waals surface area contributed by atoms with E-state index in [4.69, 9.17) is 9.72 Å². The first-order chi connectivity index (χ1) is 19.3. The lowest BCUT2D eigenvalue weighted by molar-refractivity contribution is -0.142. The number of ether oxygens (including phenoxy) is 1. The highest BCUT2D eigenvalue weighted by atomic mass is 32.1. The van der Waals surface area contributed by atoms with Crippen LogP contribution < -0.4 is 10.2 Å². The van der Waals surface area contributed by atoms with Crippen LogP contribution in [0.4, 0.5) is 5.82 Å². The predicted octanol–water partition coefficient (Wildman–Crippen LogP) is 5.42. The smallest absolute Gasteiger partial charge is 0.310 e. The van der Waals surface area contributed by atoms with Gasteiger partial charge in [-0.05, 0) is 68.8 Å². The molecule has 0 atom stereocenters. The van der Waals surface area contributed by atoms with E-state index in [1.807, 2.05) is 40.1 Å². The summed E-state index contributed by atoms with van der Waals surface area (Å²) in [6.07, 6.45) is 1.02. The Labute approximate surface area is 237 Å². The zero-order valence-electron chi connectivity index (χ0n) is 23.4. The highest BCUT2D eigenvalue weighted by Gasteiger charge is 2.21. The van der Waals surface area contributed by atoms with Crippen molar-refractivity contribution < 1.29 is 14.3 Å². The lowest BCUT2D eigenvalue weighted by atomic mass is 9.93. The van der Waals surface area contributed by atoms with Gasteiger partial charge in [-0.2, -0.15) is 5.10 Å². The van der Waals surface area contributed by atoms with Gasteiger partial charge in [-0.1, -0.05) is 29.8 Å². The number of fused-ring (bicyclic) bond motifs is 2. The fraction of sp³-hybridized carbons (Fsp3) is 0.290. The standard InChI is InChI=1S/C31H33N5O3S/c1-6-39-27(38)17-23-20(3)15-25-29(28(23)21-9-7-19(2)8-10-21)40-31(33-25)22-11-12-26-24(16-22)30(34-35(26)5)36(18-37)14-13-32-4/h7-12,15-16,18,32H,6,13-14,17H2,1-5H3. The van der Waals surface area contributed by atoms with Crippen molar-refractivity contribution in [1.82, 2.24) is 20.1 Å². The topological polar surface area (TPSA) is 89.3 Å². The summed E-state index contributed by atoms with van der Waals surface area (Å²) >= 11 is 1.61. The van der Waals surface area contributed by atoms with Crippen LogP contribution in [0, 0.1) is 13.8 Å². The summed E-state index contributed by atoms with van der Waals surface area (Å²) < 4.78 is 8.13. The number of nitrogens with zero attached hydrogens (tertiary/aromatic N) is 4. The van der Waals surface area contributed by atoms with E-state index in [1.165, 1.54) is 5.56 Å². The molecule has 3 aromatic carbocycles. The number of rotatable bonds is 10. The van der Waals surface area contributed by atoms with Crippen LogP contribution in [-0.4, -0.2) is 53.9 Å². The first kappa shape index (κ1) is 27.5. The molecule has 0 radical (unpaired) electrons. The molecule has 2 heterocycles. The summed E-state index contributed by atoms with van der Waals surface area (Å²) in [6.45, 7) is 7.43. The van der Waals surface area contributed by atoms with Gasteiger partial charge in [0.05, 0.1) is 28.8 Å². The van der Waals surface area contributed by atoms with Crippen LogP contribution in [0.25, 0.3) is 42.8 Å². The molecular formula is C31H33N5O3S. The molecule has 9 heteroatoms. The lowest BCUT2D eigenvalue weighted by Crippen LogP contribution is -2.30. The molecule has 8 nitrogen and oxygen atoms in total. The van der Waals surface area contributed by atoms with Crippen LogP contribution in [0.2, 0.25) is 0 Å². The summed E-state index contributed by atoms with van der Waals surface area (Å²) in [7, 11) is 3.74. The second-order valence-corrected chi connectivity index (χ2v) is 10.8. The van der Waals surface area contributed by atoms with Crippen molar-refractivity contribution in [3.8, 4) is 21.7 Å². The van der Waals surface area contributed by atoms with Crippen molar-refractivity contribution in [2.75, 3.05) is 31.6 Å². The minimum Gasteiger partial charge on any atom is -0.466 e. The highest BCUT2D eigenvalue weighted by molar-refractivity contribution is 7.22. The number of aromatic nitrogens is 3. The average molecular weight is 556 g/mol. The molecule has 0 saturated carbocycles. The van der Waals surface area contributed by atoms with E-state index in [-0.39, 0.29) is 12.4 Å². The van der Waals surface area contributed by atoms with Gasteiger partial charge in [0.2, 0.25) is 6.41 Å². The molecule has 0 saturated heterocycles. The van der Waals surface area contributed by atoms with E-state index in [0.29, 0.717) is 25.5 Å². The SMILES string of the molecule is CCOC(=O)Cc1c(C)cc2nc(-c3ccc4c(c3)c(N(C=O)CCNC)nn4C)sc2c1-c1ccc(C)cc1. The van der Waals surface area contributed by atoms with Gasteiger partial charge >= 0.3 is 5.97 Å². The Hall–Kier alpha value is -4.08. The van der Waals surface area contributed by atoms with E-state index >= 15 is 0 Å². The van der Waals surface area contributed by atoms with Gasteiger partial charge in [0.1, 0.15) is 5.01 Å². The minimum absolute atomic E-state index is 0.200. The number of nitrogens with one attached hydrogen (secondary N) is 1. The third kappa shape index (κ3) is 5.22. The minimum atomic E-state index is -0.240. The number of esters is 1. The number of benzene rings is 3. The first-order valence-corrected chi connectivity index (χ1v) is 14.2. The number of hydrogen-bond donors (Lipinski definition) is 1. The molecule has 206 valence electrons. The Morgan fingerprint density at radius 1 is 1.12 bits per heavy atom. The van der Waals surface area contributed by atoms with E-state index in [9.17, 15) is 9.59 Å². The van der Waals surface area contributed by atoms with Crippen molar-refractivity contribution in [2.45, 2.75) is 27.2 Å². The third-order valence-electron chi connectivity index (χ3n) is 7.06. The van der Waals surface area contributed by atoms with Crippen molar-refractivity contribution >= 4 is 50.7 Å². The highest BCUT2D eigenvalue weighted by Crippen LogP contribution is 2.41. The number of aryl methyl sites for hydroxylation is 3. The van der Waals surface area contributed by atoms with Crippen molar-refractivity contribution in [3.05, 3.63) is 65.2 Å². The summed E-state index contributed by atoms with van der Waals surface area (Å²) in [5.74, 6) is 0.384. The maximum atomic E-state index is 12.6. The van der Waals surface area contributed by atoms with Crippen LogP contribution in [-0.2, 0) is 27.8 Å². The van der Waals surface area contributed by atoms with Gasteiger partial charge in [-0.25, -0.2) is 4.98 Å². The van der Waals surface area contributed by atoms with Crippen molar-refractivity contribution in [2.24, 2.45) is 7.05 Å². The Kier molecular flexibility index (Phi) is 7.95. The summed E-state index contributed by atoms with van der Waals surface area (Å²) in [4.78, 5) is 31.2. The fourth-order valence-electron chi connectivity index (χ4n) is 5.00. The summed E-state index contributed by atoms with van der Waals surface area (Å²) in [5.41, 5.74) is 7.97. The van der Waals surface area contributed by atoms with Gasteiger partial charge < -0.3 is 10.1 Å². The van der Waals surface area contributed by atoms with E-state index in [0.717, 1.165) is 60.4 Å². The van der Waals surface area contributed by atoms with Crippen LogP contribution >= 0.6 is 11.3 Å². The van der Waals surface area contributed by atoms with Crippen molar-refractivity contribution in [3.63, 3.8) is 0 Å². The number of amides is 1. The molecule has 5 rings (SSSR count). The monoisotopic (exact) mass is 555 g/mol. The molecular weight excluding hydrogens is 522 g/mol. The molecule has 5 aromatic rings. The summed E-state index contributed by atoms with van der Waals surface area (Å²) in [6, 6.07) is 16.6. The lowest BCUT2D eigenvalue weighted by Gasteiger charge is -2.14. The molecule has 0 aliphatic carbocycles. The Balaban J connectivity index is 1.67. The number of thiazole rings is 1. The van der Waals surface area contributed by atoms with Gasteiger partial charge in [0.15, 0.2) is 5.82 Å². The molecule has 0 bridgehead atoms. The Bertz CT molecular complexity index is 1700. The summed E-state index contributed by atoms with van der Waals surface area (Å²) in [5, 5.41) is 9.48. The molecule has 0 aliphatic heterocycles. The quantitative estimate of drug-likeness (QED) is 0.183.